The SMILES string of the molecule is CC1(C)C[C@@](C)(c2ccccc2)c2ccccc2N1C(=O)[C@H](Cc1ccccc1)N1C(=O)c2ccccc2C1=O. The highest BCUT2D eigenvalue weighted by atomic mass is 16.2. The molecule has 2 heterocycles. The maximum atomic E-state index is 14.8. The molecule has 0 spiro atoms. The average molecular weight is 529 g/mol. The molecule has 5 nitrogen and oxygen atoms in total. The molecule has 40 heavy (non-hydrogen) atoms. The van der Waals surface area contributed by atoms with E-state index in [1.54, 1.807) is 24.3 Å². The molecule has 2 atom stereocenters. The van der Waals surface area contributed by atoms with Gasteiger partial charge in [0.2, 0.25) is 0 Å². The standard InChI is InChI=1S/C35H32N2O3/c1-34(2)23-35(3,25-16-8-5-9-17-25)28-20-12-13-21-29(28)37(34)33(40)30(22-24-14-6-4-7-15-24)36-31(38)26-18-10-11-19-27(26)32(36)39/h4-21,30H,22-23H2,1-3H3/t30-,35-/m0/s1. The van der Waals surface area contributed by atoms with Gasteiger partial charge in [-0.2, -0.15) is 0 Å². The van der Waals surface area contributed by atoms with Gasteiger partial charge in [0, 0.05) is 23.1 Å². The molecule has 0 aromatic heterocycles. The number of para-hydroxylation sites is 1. The van der Waals surface area contributed by atoms with Gasteiger partial charge in [0.1, 0.15) is 6.04 Å². The van der Waals surface area contributed by atoms with Crippen LogP contribution in [-0.2, 0) is 16.6 Å². The summed E-state index contributed by atoms with van der Waals surface area (Å²) in [6.07, 6.45) is 0.906. The lowest BCUT2D eigenvalue weighted by Crippen LogP contribution is -2.61. The average Bonchev–Trinajstić information content (AvgIpc) is 3.21. The van der Waals surface area contributed by atoms with E-state index >= 15 is 0 Å². The van der Waals surface area contributed by atoms with Gasteiger partial charge in [-0.25, -0.2) is 0 Å². The van der Waals surface area contributed by atoms with Crippen molar-refractivity contribution in [2.75, 3.05) is 4.90 Å². The number of hydrogen-bond acceptors (Lipinski definition) is 3. The van der Waals surface area contributed by atoms with Gasteiger partial charge in [0.15, 0.2) is 0 Å². The molecule has 0 saturated heterocycles. The molecule has 0 unspecified atom stereocenters. The molecule has 0 N–H and O–H groups in total. The lowest BCUT2D eigenvalue weighted by atomic mass is 9.65. The highest BCUT2D eigenvalue weighted by molar-refractivity contribution is 6.23. The van der Waals surface area contributed by atoms with Gasteiger partial charge >= 0.3 is 0 Å². The topological polar surface area (TPSA) is 57.7 Å². The predicted molar refractivity (Wildman–Crippen MR) is 156 cm³/mol. The zero-order valence-corrected chi connectivity index (χ0v) is 23.0. The van der Waals surface area contributed by atoms with Gasteiger partial charge in [-0.1, -0.05) is 97.9 Å². The first kappa shape index (κ1) is 25.8. The molecular weight excluding hydrogens is 496 g/mol. The predicted octanol–water partition coefficient (Wildman–Crippen LogP) is 6.42. The van der Waals surface area contributed by atoms with E-state index in [2.05, 4.69) is 39.0 Å². The summed E-state index contributed by atoms with van der Waals surface area (Å²) in [5.74, 6) is -1.11. The van der Waals surface area contributed by atoms with E-state index in [0.29, 0.717) is 17.5 Å². The molecule has 200 valence electrons. The van der Waals surface area contributed by atoms with Crippen molar-refractivity contribution in [3.8, 4) is 0 Å². The van der Waals surface area contributed by atoms with Crippen molar-refractivity contribution in [1.82, 2.24) is 4.90 Å². The van der Waals surface area contributed by atoms with Gasteiger partial charge in [0.05, 0.1) is 11.1 Å². The first-order chi connectivity index (χ1) is 19.2. The van der Waals surface area contributed by atoms with Crippen LogP contribution in [0.5, 0.6) is 0 Å². The van der Waals surface area contributed by atoms with Crippen molar-refractivity contribution < 1.29 is 14.4 Å². The number of amides is 3. The van der Waals surface area contributed by atoms with Crippen molar-refractivity contribution in [1.29, 1.82) is 0 Å². The second kappa shape index (κ2) is 9.60. The molecule has 0 bridgehead atoms. The Morgan fingerprint density at radius 1 is 0.725 bits per heavy atom. The number of anilines is 1. The Hall–Kier alpha value is -4.51. The van der Waals surface area contributed by atoms with Crippen LogP contribution in [0.3, 0.4) is 0 Å². The second-order valence-corrected chi connectivity index (χ2v) is 11.6. The van der Waals surface area contributed by atoms with E-state index in [1.807, 2.05) is 71.6 Å². The summed E-state index contributed by atoms with van der Waals surface area (Å²) in [4.78, 5) is 45.2. The number of carbonyl (C=O) groups excluding carboxylic acids is 3. The van der Waals surface area contributed by atoms with Crippen molar-refractivity contribution in [2.24, 2.45) is 0 Å². The van der Waals surface area contributed by atoms with Gasteiger partial charge in [-0.15, -0.1) is 0 Å². The molecule has 5 heteroatoms. The summed E-state index contributed by atoms with van der Waals surface area (Å²) in [6, 6.07) is 33.8. The monoisotopic (exact) mass is 528 g/mol. The van der Waals surface area contributed by atoms with Crippen LogP contribution in [0.15, 0.2) is 109 Å². The van der Waals surface area contributed by atoms with Crippen molar-refractivity contribution in [2.45, 2.75) is 50.6 Å². The van der Waals surface area contributed by atoms with Crippen LogP contribution in [0.4, 0.5) is 5.69 Å². The van der Waals surface area contributed by atoms with E-state index in [1.165, 1.54) is 10.5 Å². The number of carbonyl (C=O) groups is 3. The molecular formula is C35H32N2O3. The maximum absolute atomic E-state index is 14.8. The maximum Gasteiger partial charge on any atom is 0.262 e. The smallest absolute Gasteiger partial charge is 0.262 e. The minimum atomic E-state index is -0.997. The molecule has 0 aliphatic carbocycles. The number of benzene rings is 4. The molecule has 4 aromatic rings. The third-order valence-corrected chi connectivity index (χ3v) is 8.46. The highest BCUT2D eigenvalue weighted by Crippen LogP contribution is 2.50. The van der Waals surface area contributed by atoms with E-state index in [0.717, 1.165) is 16.8 Å². The van der Waals surface area contributed by atoms with Crippen LogP contribution < -0.4 is 4.90 Å². The van der Waals surface area contributed by atoms with Crippen LogP contribution in [-0.4, -0.2) is 34.2 Å². The Bertz CT molecular complexity index is 1580. The van der Waals surface area contributed by atoms with Crippen LogP contribution in [0.1, 0.15) is 64.6 Å². The Balaban J connectivity index is 1.48. The second-order valence-electron chi connectivity index (χ2n) is 11.6. The number of rotatable bonds is 5. The lowest BCUT2D eigenvalue weighted by molar-refractivity contribution is -0.123. The number of nitrogens with zero attached hydrogens (tertiary/aromatic N) is 2. The molecule has 0 saturated carbocycles. The van der Waals surface area contributed by atoms with E-state index in [9.17, 15) is 14.4 Å². The molecule has 6 rings (SSSR count). The van der Waals surface area contributed by atoms with Crippen LogP contribution >= 0.6 is 0 Å². The Labute approximate surface area is 235 Å². The fourth-order valence-electron chi connectivity index (χ4n) is 6.75. The van der Waals surface area contributed by atoms with Crippen LogP contribution in [0, 0.1) is 0 Å². The van der Waals surface area contributed by atoms with Crippen molar-refractivity contribution in [3.63, 3.8) is 0 Å². The Morgan fingerprint density at radius 3 is 1.88 bits per heavy atom. The van der Waals surface area contributed by atoms with E-state index in [-0.39, 0.29) is 17.7 Å². The minimum absolute atomic E-state index is 0.232. The highest BCUT2D eigenvalue weighted by Gasteiger charge is 2.51. The van der Waals surface area contributed by atoms with Gasteiger partial charge in [-0.3, -0.25) is 19.3 Å². The quantitative estimate of drug-likeness (QED) is 0.281. The summed E-state index contributed by atoms with van der Waals surface area (Å²) in [5.41, 5.74) is 3.67. The first-order valence-corrected chi connectivity index (χ1v) is 13.7. The fraction of sp³-hybridized carbons (Fsp3) is 0.229. The van der Waals surface area contributed by atoms with Gasteiger partial charge in [-0.05, 0) is 55.2 Å². The largest absolute Gasteiger partial charge is 0.305 e. The fourth-order valence-corrected chi connectivity index (χ4v) is 6.75. The van der Waals surface area contributed by atoms with Crippen LogP contribution in [0.2, 0.25) is 0 Å². The third-order valence-electron chi connectivity index (χ3n) is 8.46. The van der Waals surface area contributed by atoms with Gasteiger partial charge < -0.3 is 4.90 Å². The van der Waals surface area contributed by atoms with Crippen molar-refractivity contribution >= 4 is 23.4 Å². The van der Waals surface area contributed by atoms with Gasteiger partial charge in [0.25, 0.3) is 17.7 Å². The summed E-state index contributed by atoms with van der Waals surface area (Å²) in [6.45, 7) is 6.38. The first-order valence-electron chi connectivity index (χ1n) is 13.7. The Morgan fingerprint density at radius 2 is 1.25 bits per heavy atom. The minimum Gasteiger partial charge on any atom is -0.305 e. The third kappa shape index (κ3) is 4.04. The zero-order valence-electron chi connectivity index (χ0n) is 23.0. The summed E-state index contributed by atoms with van der Waals surface area (Å²) in [7, 11) is 0. The zero-order chi connectivity index (χ0) is 28.1. The van der Waals surface area contributed by atoms with E-state index < -0.39 is 23.4 Å². The molecule has 2 aliphatic rings. The van der Waals surface area contributed by atoms with Crippen molar-refractivity contribution in [3.05, 3.63) is 137 Å². The summed E-state index contributed by atoms with van der Waals surface area (Å²) in [5, 5.41) is 0. The number of imide groups is 1. The molecule has 0 fully saturated rings. The summed E-state index contributed by atoms with van der Waals surface area (Å²) >= 11 is 0. The number of fused-ring (bicyclic) bond motifs is 2. The van der Waals surface area contributed by atoms with E-state index in [4.69, 9.17) is 0 Å². The normalized spacial score (nSPS) is 20.2. The Kier molecular flexibility index (Phi) is 6.18. The lowest BCUT2D eigenvalue weighted by Gasteiger charge is -2.52. The summed E-state index contributed by atoms with van der Waals surface area (Å²) < 4.78 is 0. The molecule has 4 aromatic carbocycles. The molecule has 2 aliphatic heterocycles. The van der Waals surface area contributed by atoms with Crippen LogP contribution in [0.25, 0.3) is 0 Å². The molecule has 3 amide bonds. The molecule has 0 radical (unpaired) electrons. The number of hydrogen-bond donors (Lipinski definition) is 0.